The lowest BCUT2D eigenvalue weighted by Crippen LogP contribution is -2.54. The molecule has 2 fully saturated rings. The van der Waals surface area contributed by atoms with Gasteiger partial charge in [0.05, 0.1) is 0 Å². The minimum atomic E-state index is 0.468. The Hall–Kier alpha value is -3.00. The van der Waals surface area contributed by atoms with E-state index in [1.165, 1.54) is 60.8 Å². The molecule has 2 aromatic heterocycles. The number of piperazine rings is 1. The van der Waals surface area contributed by atoms with Crippen molar-refractivity contribution in [3.8, 4) is 5.69 Å². The summed E-state index contributed by atoms with van der Waals surface area (Å²) in [5, 5.41) is 12.9. The summed E-state index contributed by atoms with van der Waals surface area (Å²) in [5.74, 6) is 0. The van der Waals surface area contributed by atoms with Gasteiger partial charge in [0.15, 0.2) is 0 Å². The molecule has 4 heterocycles. The summed E-state index contributed by atoms with van der Waals surface area (Å²) in [6.07, 6.45) is 11.8. The van der Waals surface area contributed by atoms with E-state index >= 15 is 0 Å². The number of fused-ring (bicyclic) bond motifs is 1. The Bertz CT molecular complexity index is 1230. The maximum atomic E-state index is 3.96. The summed E-state index contributed by atoms with van der Waals surface area (Å²) >= 11 is 0. The highest BCUT2D eigenvalue weighted by Crippen LogP contribution is 2.29. The Morgan fingerprint density at radius 3 is 2.64 bits per heavy atom. The van der Waals surface area contributed by atoms with Crippen LogP contribution in [0.15, 0.2) is 67.4 Å². The molecular formula is C29H37N7. The van der Waals surface area contributed by atoms with Crippen molar-refractivity contribution in [2.45, 2.75) is 44.2 Å². The van der Waals surface area contributed by atoms with Crippen molar-refractivity contribution < 1.29 is 0 Å². The lowest BCUT2D eigenvalue weighted by atomic mass is 9.97. The van der Waals surface area contributed by atoms with Gasteiger partial charge in [-0.3, -0.25) is 9.47 Å². The molecule has 188 valence electrons. The van der Waals surface area contributed by atoms with Gasteiger partial charge in [-0.15, -0.1) is 10.2 Å². The highest BCUT2D eigenvalue weighted by atomic mass is 15.3. The minimum absolute atomic E-state index is 0.468. The predicted octanol–water partition coefficient (Wildman–Crippen LogP) is 4.18. The number of rotatable bonds is 9. The van der Waals surface area contributed by atoms with Gasteiger partial charge in [-0.1, -0.05) is 30.3 Å². The molecule has 7 nitrogen and oxygen atoms in total. The minimum Gasteiger partial charge on any atom is -0.361 e. The van der Waals surface area contributed by atoms with E-state index in [4.69, 9.17) is 0 Å². The van der Waals surface area contributed by atoms with Crippen LogP contribution in [0.5, 0.6) is 0 Å². The van der Waals surface area contributed by atoms with Crippen molar-refractivity contribution >= 4 is 10.9 Å². The van der Waals surface area contributed by atoms with E-state index in [0.29, 0.717) is 12.1 Å². The number of aromatic nitrogens is 4. The van der Waals surface area contributed by atoms with E-state index < -0.39 is 0 Å². The van der Waals surface area contributed by atoms with Crippen LogP contribution in [0.1, 0.15) is 42.9 Å². The molecule has 36 heavy (non-hydrogen) atoms. The fourth-order valence-electron chi connectivity index (χ4n) is 6.14. The summed E-state index contributed by atoms with van der Waals surface area (Å²) in [7, 11) is 0. The Balaban J connectivity index is 1.16. The maximum absolute atomic E-state index is 3.96. The highest BCUT2D eigenvalue weighted by Gasteiger charge is 2.31. The Morgan fingerprint density at radius 2 is 1.81 bits per heavy atom. The summed E-state index contributed by atoms with van der Waals surface area (Å²) in [6.45, 7) is 6.92. The fourth-order valence-corrected chi connectivity index (χ4v) is 6.14. The van der Waals surface area contributed by atoms with Crippen molar-refractivity contribution in [3.05, 3.63) is 78.5 Å². The first-order chi connectivity index (χ1) is 17.8. The van der Waals surface area contributed by atoms with Crippen LogP contribution in [0.3, 0.4) is 0 Å². The van der Waals surface area contributed by atoms with Crippen molar-refractivity contribution in [3.63, 3.8) is 0 Å². The van der Waals surface area contributed by atoms with Crippen LogP contribution in [0.4, 0.5) is 0 Å². The first kappa shape index (κ1) is 23.4. The number of hydrogen-bond acceptors (Lipinski definition) is 5. The van der Waals surface area contributed by atoms with Crippen molar-refractivity contribution in [2.24, 2.45) is 0 Å². The molecule has 0 radical (unpaired) electrons. The summed E-state index contributed by atoms with van der Waals surface area (Å²) in [4.78, 5) is 8.95. The summed E-state index contributed by atoms with van der Waals surface area (Å²) in [6, 6.07) is 18.8. The molecule has 2 unspecified atom stereocenters. The molecule has 2 N–H and O–H groups in total. The van der Waals surface area contributed by atoms with Gasteiger partial charge in [0.25, 0.3) is 0 Å². The lowest BCUT2D eigenvalue weighted by Gasteiger charge is -2.43. The van der Waals surface area contributed by atoms with Crippen LogP contribution in [-0.2, 0) is 6.42 Å². The normalized spacial score (nSPS) is 20.3. The number of H-pyrrole nitrogens is 1. The van der Waals surface area contributed by atoms with E-state index in [9.17, 15) is 0 Å². The third kappa shape index (κ3) is 5.09. The van der Waals surface area contributed by atoms with Crippen LogP contribution in [0, 0.1) is 0 Å². The smallest absolute Gasteiger partial charge is 0.123 e. The SMILES string of the molecule is c1ccc(C(CN2CCCC2)N2CCNCC2CCCc2c[nH]c3ccc(-n4cnnc4)cc23)cc1. The number of nitrogens with one attached hydrogen (secondary N) is 2. The molecule has 2 aromatic carbocycles. The second-order valence-corrected chi connectivity index (χ2v) is 10.3. The molecule has 0 aliphatic carbocycles. The third-order valence-corrected chi connectivity index (χ3v) is 8.06. The molecule has 0 spiro atoms. The molecule has 0 amide bonds. The zero-order valence-corrected chi connectivity index (χ0v) is 21.0. The first-order valence-corrected chi connectivity index (χ1v) is 13.5. The summed E-state index contributed by atoms with van der Waals surface area (Å²) < 4.78 is 1.96. The quantitative estimate of drug-likeness (QED) is 0.374. The van der Waals surface area contributed by atoms with Crippen molar-refractivity contribution in [2.75, 3.05) is 39.3 Å². The monoisotopic (exact) mass is 483 g/mol. The van der Waals surface area contributed by atoms with Gasteiger partial charge in [-0.2, -0.15) is 0 Å². The molecule has 4 aromatic rings. The molecule has 7 heteroatoms. The van der Waals surface area contributed by atoms with Gasteiger partial charge in [-0.05, 0) is 74.5 Å². The van der Waals surface area contributed by atoms with Crippen LogP contribution in [0.25, 0.3) is 16.6 Å². The van der Waals surface area contributed by atoms with E-state index in [-0.39, 0.29) is 0 Å². The van der Waals surface area contributed by atoms with Crippen molar-refractivity contribution in [1.82, 2.24) is 34.9 Å². The van der Waals surface area contributed by atoms with Gasteiger partial charge >= 0.3 is 0 Å². The average molecular weight is 484 g/mol. The standard InChI is InChI=1S/C29H37N7/c1-2-7-23(8-3-1)29(20-34-14-4-5-15-34)36-16-13-30-19-26(36)10-6-9-24-18-31-28-12-11-25(17-27(24)28)35-21-32-33-22-35/h1-3,7-8,11-12,17-18,21-22,26,29-31H,4-6,9-10,13-16,19-20H2. The van der Waals surface area contributed by atoms with Gasteiger partial charge in [-0.25, -0.2) is 0 Å². The van der Waals surface area contributed by atoms with Crippen LogP contribution < -0.4 is 5.32 Å². The largest absolute Gasteiger partial charge is 0.361 e. The fraction of sp³-hybridized carbons (Fsp3) is 0.448. The molecule has 0 bridgehead atoms. The van der Waals surface area contributed by atoms with E-state index in [1.807, 2.05) is 4.57 Å². The van der Waals surface area contributed by atoms with E-state index in [2.05, 4.69) is 85.0 Å². The first-order valence-electron chi connectivity index (χ1n) is 13.5. The van der Waals surface area contributed by atoms with E-state index in [1.54, 1.807) is 12.7 Å². The van der Waals surface area contributed by atoms with Gasteiger partial charge in [0, 0.05) is 61.0 Å². The molecule has 2 aliphatic rings. The molecular weight excluding hydrogens is 446 g/mol. The maximum Gasteiger partial charge on any atom is 0.123 e. The average Bonchev–Trinajstić information content (AvgIpc) is 3.71. The highest BCUT2D eigenvalue weighted by molar-refractivity contribution is 5.85. The predicted molar refractivity (Wildman–Crippen MR) is 144 cm³/mol. The summed E-state index contributed by atoms with van der Waals surface area (Å²) in [5.41, 5.74) is 5.16. The number of benzene rings is 2. The second kappa shape index (κ2) is 10.9. The zero-order valence-electron chi connectivity index (χ0n) is 21.0. The van der Waals surface area contributed by atoms with E-state index in [0.717, 1.165) is 38.3 Å². The molecule has 2 saturated heterocycles. The number of hydrogen-bond donors (Lipinski definition) is 2. The van der Waals surface area contributed by atoms with Crippen molar-refractivity contribution in [1.29, 1.82) is 0 Å². The number of aryl methyl sites for hydroxylation is 1. The van der Waals surface area contributed by atoms with Gasteiger partial charge < -0.3 is 15.2 Å². The topological polar surface area (TPSA) is 65.0 Å². The lowest BCUT2D eigenvalue weighted by molar-refractivity contribution is 0.0763. The molecule has 2 aliphatic heterocycles. The van der Waals surface area contributed by atoms with Crippen LogP contribution >= 0.6 is 0 Å². The Morgan fingerprint density at radius 1 is 0.972 bits per heavy atom. The number of nitrogens with zero attached hydrogens (tertiary/aromatic N) is 5. The third-order valence-electron chi connectivity index (χ3n) is 8.06. The number of likely N-dealkylation sites (tertiary alicyclic amines) is 1. The Kier molecular flexibility index (Phi) is 7.12. The van der Waals surface area contributed by atoms with Gasteiger partial charge in [0.2, 0.25) is 0 Å². The molecule has 0 saturated carbocycles. The second-order valence-electron chi connectivity index (χ2n) is 10.3. The Labute approximate surface area is 213 Å². The molecule has 6 rings (SSSR count). The zero-order chi connectivity index (χ0) is 24.2. The molecule has 2 atom stereocenters. The van der Waals surface area contributed by atoms with Crippen LogP contribution in [0.2, 0.25) is 0 Å². The van der Waals surface area contributed by atoms with Gasteiger partial charge in [0.1, 0.15) is 12.7 Å². The number of aromatic amines is 1. The van der Waals surface area contributed by atoms with Crippen LogP contribution in [-0.4, -0.2) is 74.9 Å².